The quantitative estimate of drug-likeness (QED) is 0.692. The minimum absolute atomic E-state index is 0.0269. The molecule has 2 amide bonds. The van der Waals surface area contributed by atoms with Crippen LogP contribution in [0.25, 0.3) is 0 Å². The number of likely N-dealkylation sites (tertiary alicyclic amines) is 1. The van der Waals surface area contributed by atoms with Gasteiger partial charge in [0.05, 0.1) is 21.6 Å². The number of sulfone groups is 1. The van der Waals surface area contributed by atoms with E-state index in [0.717, 1.165) is 24.2 Å². The lowest BCUT2D eigenvalue weighted by Gasteiger charge is -2.32. The molecule has 1 unspecified atom stereocenters. The minimum atomic E-state index is -3.62. The van der Waals surface area contributed by atoms with Crippen LogP contribution in [-0.4, -0.2) is 49.2 Å². The molecular weight excluding hydrogens is 444 g/mol. The number of carbonyl (C=O) groups excluding carboxylic acids is 2. The van der Waals surface area contributed by atoms with E-state index in [4.69, 9.17) is 0 Å². The largest absolute Gasteiger partial charge is 0.343 e. The number of amides is 2. The molecule has 0 bridgehead atoms. The number of hydrogen-bond acceptors (Lipinski definition) is 5. The summed E-state index contributed by atoms with van der Waals surface area (Å²) in [6, 6.07) is 15.2. The van der Waals surface area contributed by atoms with Crippen LogP contribution < -0.4 is 5.32 Å². The molecule has 0 aromatic heterocycles. The van der Waals surface area contributed by atoms with Gasteiger partial charge in [-0.1, -0.05) is 30.3 Å². The van der Waals surface area contributed by atoms with Gasteiger partial charge in [-0.2, -0.15) is 0 Å². The molecule has 8 heteroatoms. The van der Waals surface area contributed by atoms with Crippen molar-refractivity contribution in [2.75, 3.05) is 24.2 Å². The number of rotatable bonds is 6. The van der Waals surface area contributed by atoms with Gasteiger partial charge in [-0.25, -0.2) is 8.42 Å². The van der Waals surface area contributed by atoms with Gasteiger partial charge in [0, 0.05) is 24.4 Å². The van der Waals surface area contributed by atoms with E-state index in [1.807, 2.05) is 25.1 Å². The first-order valence-corrected chi connectivity index (χ1v) is 13.5. The maximum absolute atomic E-state index is 12.8. The Balaban J connectivity index is 1.30. The summed E-state index contributed by atoms with van der Waals surface area (Å²) in [7, 11) is -3.62. The van der Waals surface area contributed by atoms with Gasteiger partial charge in [-0.05, 0) is 55.9 Å². The summed E-state index contributed by atoms with van der Waals surface area (Å²) in [5.41, 5.74) is 1.84. The summed E-state index contributed by atoms with van der Waals surface area (Å²) in [6.07, 6.45) is 2.87. The third-order valence-corrected chi connectivity index (χ3v) is 9.05. The van der Waals surface area contributed by atoms with E-state index >= 15 is 0 Å². The molecule has 6 nitrogen and oxygen atoms in total. The summed E-state index contributed by atoms with van der Waals surface area (Å²) < 4.78 is 25.6. The molecule has 1 atom stereocenters. The molecule has 2 aromatic rings. The van der Waals surface area contributed by atoms with Crippen LogP contribution in [0.1, 0.15) is 31.7 Å². The molecule has 2 heterocycles. The number of anilines is 1. The van der Waals surface area contributed by atoms with E-state index in [1.54, 1.807) is 17.0 Å². The summed E-state index contributed by atoms with van der Waals surface area (Å²) in [5.74, 6) is 0.0771. The Morgan fingerprint density at radius 1 is 1.12 bits per heavy atom. The van der Waals surface area contributed by atoms with Crippen molar-refractivity contribution in [1.82, 2.24) is 4.90 Å². The third-order valence-electron chi connectivity index (χ3n) is 6.16. The van der Waals surface area contributed by atoms with Crippen molar-refractivity contribution >= 4 is 39.1 Å². The van der Waals surface area contributed by atoms with Crippen molar-refractivity contribution in [3.63, 3.8) is 0 Å². The predicted octanol–water partition coefficient (Wildman–Crippen LogP) is 3.76. The fourth-order valence-electron chi connectivity index (χ4n) is 4.21. The Kier molecular flexibility index (Phi) is 6.90. The standard InChI is InChI=1S/C24H28N2O4S2/c1-17-24(28)25-21-16-20(7-8-22(21)31-17)32(29,30)14-11-23(27)26-12-9-19(10-13-26)15-18-5-3-2-4-6-18/h2-8,16-17,19H,9-15H2,1H3,(H,25,28). The van der Waals surface area contributed by atoms with Gasteiger partial charge in [0.1, 0.15) is 0 Å². The van der Waals surface area contributed by atoms with E-state index in [1.165, 1.54) is 23.4 Å². The first-order valence-electron chi connectivity index (χ1n) is 11.0. The average Bonchev–Trinajstić information content (AvgIpc) is 2.79. The van der Waals surface area contributed by atoms with E-state index < -0.39 is 9.84 Å². The fraction of sp³-hybridized carbons (Fsp3) is 0.417. The molecule has 1 fully saturated rings. The highest BCUT2D eigenvalue weighted by atomic mass is 32.2. The van der Waals surface area contributed by atoms with Gasteiger partial charge in [-0.3, -0.25) is 9.59 Å². The SMILES string of the molecule is CC1Sc2ccc(S(=O)(=O)CCC(=O)N3CCC(Cc4ccccc4)CC3)cc2NC1=O. The van der Waals surface area contributed by atoms with E-state index in [-0.39, 0.29) is 34.1 Å². The molecule has 0 aliphatic carbocycles. The van der Waals surface area contributed by atoms with Crippen molar-refractivity contribution in [3.8, 4) is 0 Å². The summed E-state index contributed by atoms with van der Waals surface area (Å²) in [6.45, 7) is 3.16. The topological polar surface area (TPSA) is 83.6 Å². The van der Waals surface area contributed by atoms with Crippen molar-refractivity contribution in [1.29, 1.82) is 0 Å². The number of benzene rings is 2. The van der Waals surface area contributed by atoms with Crippen LogP contribution in [0.5, 0.6) is 0 Å². The van der Waals surface area contributed by atoms with Crippen molar-refractivity contribution in [2.24, 2.45) is 5.92 Å². The number of thioether (sulfide) groups is 1. The maximum atomic E-state index is 12.8. The van der Waals surface area contributed by atoms with Crippen LogP contribution in [0, 0.1) is 5.92 Å². The number of carbonyl (C=O) groups is 2. The van der Waals surface area contributed by atoms with Gasteiger partial charge >= 0.3 is 0 Å². The zero-order chi connectivity index (χ0) is 22.7. The number of hydrogen-bond donors (Lipinski definition) is 1. The lowest BCUT2D eigenvalue weighted by molar-refractivity contribution is -0.132. The number of piperidine rings is 1. The highest BCUT2D eigenvalue weighted by Gasteiger charge is 2.27. The molecule has 32 heavy (non-hydrogen) atoms. The Morgan fingerprint density at radius 2 is 1.84 bits per heavy atom. The smallest absolute Gasteiger partial charge is 0.237 e. The lowest BCUT2D eigenvalue weighted by atomic mass is 9.90. The van der Waals surface area contributed by atoms with Gasteiger partial charge < -0.3 is 10.2 Å². The monoisotopic (exact) mass is 472 g/mol. The first-order chi connectivity index (χ1) is 15.3. The second-order valence-electron chi connectivity index (χ2n) is 8.49. The molecular formula is C24H28N2O4S2. The molecule has 0 saturated carbocycles. The molecule has 4 rings (SSSR count). The van der Waals surface area contributed by atoms with Crippen LogP contribution >= 0.6 is 11.8 Å². The zero-order valence-electron chi connectivity index (χ0n) is 18.1. The van der Waals surface area contributed by atoms with Crippen LogP contribution in [0.15, 0.2) is 58.3 Å². The Bertz CT molecular complexity index is 1090. The first kappa shape index (κ1) is 22.9. The minimum Gasteiger partial charge on any atom is -0.343 e. The zero-order valence-corrected chi connectivity index (χ0v) is 19.8. The normalized spacial score (nSPS) is 19.3. The van der Waals surface area contributed by atoms with Gasteiger partial charge in [-0.15, -0.1) is 11.8 Å². The van der Waals surface area contributed by atoms with Crippen molar-refractivity contribution < 1.29 is 18.0 Å². The van der Waals surface area contributed by atoms with Crippen molar-refractivity contribution in [2.45, 2.75) is 47.6 Å². The Morgan fingerprint density at radius 3 is 2.56 bits per heavy atom. The van der Waals surface area contributed by atoms with Crippen molar-refractivity contribution in [3.05, 3.63) is 54.1 Å². The molecule has 0 spiro atoms. The summed E-state index contributed by atoms with van der Waals surface area (Å²) in [5, 5.41) is 2.55. The van der Waals surface area contributed by atoms with E-state index in [9.17, 15) is 18.0 Å². The molecule has 2 aliphatic heterocycles. The number of nitrogens with one attached hydrogen (secondary N) is 1. The molecule has 1 N–H and O–H groups in total. The van der Waals surface area contributed by atoms with Crippen LogP contribution in [0.4, 0.5) is 5.69 Å². The fourth-order valence-corrected chi connectivity index (χ4v) is 6.40. The molecule has 1 saturated heterocycles. The molecule has 0 radical (unpaired) electrons. The van der Waals surface area contributed by atoms with Gasteiger partial charge in [0.25, 0.3) is 0 Å². The number of nitrogens with zero attached hydrogens (tertiary/aromatic N) is 1. The van der Waals surface area contributed by atoms with Gasteiger partial charge in [0.2, 0.25) is 11.8 Å². The van der Waals surface area contributed by atoms with Gasteiger partial charge in [0.15, 0.2) is 9.84 Å². The second-order valence-corrected chi connectivity index (χ2v) is 12.0. The second kappa shape index (κ2) is 9.67. The molecule has 170 valence electrons. The average molecular weight is 473 g/mol. The van der Waals surface area contributed by atoms with Crippen LogP contribution in [-0.2, 0) is 25.8 Å². The van der Waals surface area contributed by atoms with Crippen LogP contribution in [0.3, 0.4) is 0 Å². The maximum Gasteiger partial charge on any atom is 0.237 e. The Hall–Kier alpha value is -2.32. The van der Waals surface area contributed by atoms with E-state index in [2.05, 4.69) is 17.4 Å². The lowest BCUT2D eigenvalue weighted by Crippen LogP contribution is -2.39. The molecule has 2 aromatic carbocycles. The summed E-state index contributed by atoms with van der Waals surface area (Å²) >= 11 is 1.41. The third kappa shape index (κ3) is 5.35. The Labute approximate surface area is 193 Å². The van der Waals surface area contributed by atoms with E-state index in [0.29, 0.717) is 24.7 Å². The highest BCUT2D eigenvalue weighted by molar-refractivity contribution is 8.01. The summed E-state index contributed by atoms with van der Waals surface area (Å²) in [4.78, 5) is 27.3. The molecule has 2 aliphatic rings. The predicted molar refractivity (Wildman–Crippen MR) is 127 cm³/mol. The highest BCUT2D eigenvalue weighted by Crippen LogP contribution is 2.37. The number of fused-ring (bicyclic) bond motifs is 1. The van der Waals surface area contributed by atoms with Crippen LogP contribution in [0.2, 0.25) is 0 Å².